The second kappa shape index (κ2) is 5.37. The number of carboxylic acid groups (broad SMARTS) is 1. The molecule has 5 heteroatoms. The minimum atomic E-state index is -0.962. The maximum atomic E-state index is 10.6. The van der Waals surface area contributed by atoms with E-state index in [0.29, 0.717) is 5.82 Å². The predicted molar refractivity (Wildman–Crippen MR) is 66.6 cm³/mol. The number of aliphatic carboxylic acids is 1. The molecule has 1 aromatic carbocycles. The molecule has 3 N–H and O–H groups in total. The quantitative estimate of drug-likeness (QED) is 0.851. The third-order valence-electron chi connectivity index (χ3n) is 2.47. The second-order valence-corrected chi connectivity index (χ2v) is 3.87. The molecule has 0 aliphatic rings. The molecule has 0 aliphatic heterocycles. The van der Waals surface area contributed by atoms with E-state index in [1.807, 2.05) is 30.3 Å². The molecule has 0 radical (unpaired) electrons. The van der Waals surface area contributed by atoms with E-state index < -0.39 is 12.0 Å². The van der Waals surface area contributed by atoms with Crippen molar-refractivity contribution in [2.24, 2.45) is 5.73 Å². The molecule has 0 amide bonds. The van der Waals surface area contributed by atoms with Gasteiger partial charge in [0.1, 0.15) is 5.82 Å². The van der Waals surface area contributed by atoms with Gasteiger partial charge in [0.15, 0.2) is 0 Å². The fraction of sp³-hybridized carbons (Fsp3) is 0.154. The van der Waals surface area contributed by atoms with Gasteiger partial charge >= 0.3 is 5.97 Å². The van der Waals surface area contributed by atoms with Gasteiger partial charge in [0.05, 0.1) is 18.2 Å². The zero-order valence-electron chi connectivity index (χ0n) is 9.65. The summed E-state index contributed by atoms with van der Waals surface area (Å²) in [4.78, 5) is 18.9. The maximum Gasteiger partial charge on any atom is 0.305 e. The predicted octanol–water partition coefficient (Wildman–Crippen LogP) is 1.62. The Balaban J connectivity index is 2.28. The van der Waals surface area contributed by atoms with Crippen molar-refractivity contribution in [3.63, 3.8) is 0 Å². The monoisotopic (exact) mass is 243 g/mol. The van der Waals surface area contributed by atoms with Crippen LogP contribution in [0.5, 0.6) is 0 Å². The zero-order valence-corrected chi connectivity index (χ0v) is 9.65. The summed E-state index contributed by atoms with van der Waals surface area (Å²) in [7, 11) is 0. The van der Waals surface area contributed by atoms with E-state index in [1.54, 1.807) is 12.3 Å². The van der Waals surface area contributed by atoms with Crippen LogP contribution in [0.2, 0.25) is 0 Å². The molecule has 1 unspecified atom stereocenters. The van der Waals surface area contributed by atoms with Gasteiger partial charge in [-0.3, -0.25) is 4.79 Å². The van der Waals surface area contributed by atoms with E-state index in [9.17, 15) is 4.79 Å². The molecule has 5 nitrogen and oxygen atoms in total. The van der Waals surface area contributed by atoms with Gasteiger partial charge in [-0.15, -0.1) is 0 Å². The van der Waals surface area contributed by atoms with E-state index >= 15 is 0 Å². The lowest BCUT2D eigenvalue weighted by molar-refractivity contribution is -0.137. The van der Waals surface area contributed by atoms with E-state index in [0.717, 1.165) is 11.3 Å². The molecule has 0 saturated heterocycles. The number of benzene rings is 1. The topological polar surface area (TPSA) is 89.1 Å². The molecule has 0 spiro atoms. The standard InChI is InChI=1S/C13H13N3O2/c14-10(8-12(17)18)13-15-7-6-11(16-13)9-4-2-1-3-5-9/h1-7,10H,8,14H2,(H,17,18). The highest BCUT2D eigenvalue weighted by molar-refractivity contribution is 5.67. The third kappa shape index (κ3) is 2.89. The van der Waals surface area contributed by atoms with Gasteiger partial charge < -0.3 is 10.8 Å². The van der Waals surface area contributed by atoms with Crippen molar-refractivity contribution in [3.8, 4) is 11.3 Å². The molecule has 92 valence electrons. The van der Waals surface area contributed by atoms with Gasteiger partial charge in [0, 0.05) is 11.8 Å². The lowest BCUT2D eigenvalue weighted by atomic mass is 10.1. The van der Waals surface area contributed by atoms with Gasteiger partial charge in [-0.05, 0) is 6.07 Å². The van der Waals surface area contributed by atoms with Crippen molar-refractivity contribution in [3.05, 3.63) is 48.4 Å². The van der Waals surface area contributed by atoms with Gasteiger partial charge in [-0.2, -0.15) is 0 Å². The number of rotatable bonds is 4. The van der Waals surface area contributed by atoms with E-state index in [1.165, 1.54) is 0 Å². The summed E-state index contributed by atoms with van der Waals surface area (Å²) in [5.74, 6) is -0.616. The van der Waals surface area contributed by atoms with Crippen LogP contribution in [0.3, 0.4) is 0 Å². The first-order chi connectivity index (χ1) is 8.66. The highest BCUT2D eigenvalue weighted by atomic mass is 16.4. The summed E-state index contributed by atoms with van der Waals surface area (Å²) in [5, 5.41) is 8.70. The minimum absolute atomic E-state index is 0.182. The molecule has 1 atom stereocenters. The van der Waals surface area contributed by atoms with Gasteiger partial charge in [-0.1, -0.05) is 30.3 Å². The number of carboxylic acids is 1. The highest BCUT2D eigenvalue weighted by Gasteiger charge is 2.14. The summed E-state index contributed by atoms with van der Waals surface area (Å²) in [6, 6.07) is 10.7. The summed E-state index contributed by atoms with van der Waals surface area (Å²) in [6.45, 7) is 0. The second-order valence-electron chi connectivity index (χ2n) is 3.87. The molecule has 0 aliphatic carbocycles. The van der Waals surface area contributed by atoms with Crippen molar-refractivity contribution in [1.82, 2.24) is 9.97 Å². The van der Waals surface area contributed by atoms with Crippen LogP contribution < -0.4 is 5.73 Å². The summed E-state index contributed by atoms with van der Waals surface area (Å²) in [5.41, 5.74) is 7.42. The Morgan fingerprint density at radius 2 is 2.00 bits per heavy atom. The molecule has 0 fully saturated rings. The average molecular weight is 243 g/mol. The fourth-order valence-electron chi connectivity index (χ4n) is 1.60. The first kappa shape index (κ1) is 12.2. The molecule has 0 saturated carbocycles. The fourth-order valence-corrected chi connectivity index (χ4v) is 1.60. The molecule has 18 heavy (non-hydrogen) atoms. The summed E-state index contributed by atoms with van der Waals surface area (Å²) < 4.78 is 0. The minimum Gasteiger partial charge on any atom is -0.481 e. The molecular weight excluding hydrogens is 230 g/mol. The Morgan fingerprint density at radius 3 is 2.67 bits per heavy atom. The van der Waals surface area contributed by atoms with Crippen molar-refractivity contribution in [1.29, 1.82) is 0 Å². The maximum absolute atomic E-state index is 10.6. The Kier molecular flexibility index (Phi) is 3.64. The average Bonchev–Trinajstić information content (AvgIpc) is 2.39. The molecule has 1 aromatic heterocycles. The lowest BCUT2D eigenvalue weighted by Gasteiger charge is -2.08. The van der Waals surface area contributed by atoms with E-state index in [4.69, 9.17) is 10.8 Å². The molecule has 1 heterocycles. The Morgan fingerprint density at radius 1 is 1.28 bits per heavy atom. The van der Waals surface area contributed by atoms with Crippen LogP contribution in [-0.4, -0.2) is 21.0 Å². The first-order valence-electron chi connectivity index (χ1n) is 5.52. The van der Waals surface area contributed by atoms with E-state index in [-0.39, 0.29) is 6.42 Å². The van der Waals surface area contributed by atoms with Crippen LogP contribution in [0.1, 0.15) is 18.3 Å². The van der Waals surface area contributed by atoms with Crippen molar-refractivity contribution < 1.29 is 9.90 Å². The Hall–Kier alpha value is -2.27. The molecular formula is C13H13N3O2. The van der Waals surface area contributed by atoms with Crippen LogP contribution in [0, 0.1) is 0 Å². The number of nitrogens with zero attached hydrogens (tertiary/aromatic N) is 2. The van der Waals surface area contributed by atoms with Crippen molar-refractivity contribution in [2.75, 3.05) is 0 Å². The molecule has 0 bridgehead atoms. The smallest absolute Gasteiger partial charge is 0.305 e. The molecule has 2 aromatic rings. The summed E-state index contributed by atoms with van der Waals surface area (Å²) in [6.07, 6.45) is 1.41. The number of carbonyl (C=O) groups is 1. The SMILES string of the molecule is NC(CC(=O)O)c1nccc(-c2ccccc2)n1. The van der Waals surface area contributed by atoms with Crippen LogP contribution in [0.15, 0.2) is 42.6 Å². The van der Waals surface area contributed by atoms with Gasteiger partial charge in [0.25, 0.3) is 0 Å². The number of hydrogen-bond donors (Lipinski definition) is 2. The van der Waals surface area contributed by atoms with Crippen LogP contribution in [-0.2, 0) is 4.79 Å². The highest BCUT2D eigenvalue weighted by Crippen LogP contribution is 2.17. The van der Waals surface area contributed by atoms with E-state index in [2.05, 4.69) is 9.97 Å². The van der Waals surface area contributed by atoms with Crippen molar-refractivity contribution >= 4 is 5.97 Å². The van der Waals surface area contributed by atoms with Crippen molar-refractivity contribution in [2.45, 2.75) is 12.5 Å². The first-order valence-corrected chi connectivity index (χ1v) is 5.52. The molecule has 2 rings (SSSR count). The zero-order chi connectivity index (χ0) is 13.0. The largest absolute Gasteiger partial charge is 0.481 e. The van der Waals surface area contributed by atoms with Crippen LogP contribution in [0.25, 0.3) is 11.3 Å². The van der Waals surface area contributed by atoms with Gasteiger partial charge in [-0.25, -0.2) is 9.97 Å². The Labute approximate surface area is 104 Å². The lowest BCUT2D eigenvalue weighted by Crippen LogP contribution is -2.18. The Bertz CT molecular complexity index is 543. The summed E-state index contributed by atoms with van der Waals surface area (Å²) >= 11 is 0. The van der Waals surface area contributed by atoms with Crippen LogP contribution in [0.4, 0.5) is 0 Å². The normalized spacial score (nSPS) is 12.1. The number of hydrogen-bond acceptors (Lipinski definition) is 4. The van der Waals surface area contributed by atoms with Crippen LogP contribution >= 0.6 is 0 Å². The third-order valence-corrected chi connectivity index (χ3v) is 2.47. The number of aromatic nitrogens is 2. The number of nitrogens with two attached hydrogens (primary N) is 1. The van der Waals surface area contributed by atoms with Gasteiger partial charge in [0.2, 0.25) is 0 Å².